The summed E-state index contributed by atoms with van der Waals surface area (Å²) in [5.74, 6) is 0.674. The molecule has 0 spiro atoms. The first-order valence-corrected chi connectivity index (χ1v) is 10.5. The van der Waals surface area contributed by atoms with Crippen LogP contribution in [0, 0.1) is 5.92 Å². The van der Waals surface area contributed by atoms with Crippen LogP contribution in [-0.4, -0.2) is 50.3 Å². The lowest BCUT2D eigenvalue weighted by molar-refractivity contribution is -0.126. The highest BCUT2D eigenvalue weighted by molar-refractivity contribution is 7.10. The molecule has 1 saturated heterocycles. The van der Waals surface area contributed by atoms with Crippen LogP contribution in [0.4, 0.5) is 0 Å². The number of halogens is 1. The molecule has 1 aromatic heterocycles. The summed E-state index contributed by atoms with van der Waals surface area (Å²) >= 11 is 7.81. The van der Waals surface area contributed by atoms with Gasteiger partial charge in [0.15, 0.2) is 0 Å². The summed E-state index contributed by atoms with van der Waals surface area (Å²) in [4.78, 5) is 16.4. The molecule has 2 aromatic rings. The minimum absolute atomic E-state index is 0.0374. The molecule has 144 valence electrons. The van der Waals surface area contributed by atoms with Gasteiger partial charge in [-0.25, -0.2) is 0 Å². The zero-order chi connectivity index (χ0) is 18.6. The number of amides is 1. The summed E-state index contributed by atoms with van der Waals surface area (Å²) in [6, 6.07) is 9.96. The highest BCUT2D eigenvalue weighted by Crippen LogP contribution is 2.30. The number of hydrogen-bond donors (Lipinski definition) is 1. The first-order valence-electron chi connectivity index (χ1n) is 9.25. The molecule has 1 amide bonds. The Kier molecular flexibility index (Phi) is 5.98. The molecular weight excluding hydrogens is 384 g/mol. The number of fused-ring (bicyclic) bond motifs is 1. The van der Waals surface area contributed by atoms with Gasteiger partial charge in [0.2, 0.25) is 5.91 Å². The van der Waals surface area contributed by atoms with Crippen molar-refractivity contribution in [2.45, 2.75) is 12.5 Å². The van der Waals surface area contributed by atoms with Gasteiger partial charge in [-0.2, -0.15) is 0 Å². The van der Waals surface area contributed by atoms with Crippen LogP contribution < -0.4 is 10.1 Å². The Morgan fingerprint density at radius 2 is 2.19 bits per heavy atom. The van der Waals surface area contributed by atoms with E-state index in [9.17, 15) is 4.79 Å². The fourth-order valence-electron chi connectivity index (χ4n) is 3.65. The lowest BCUT2D eigenvalue weighted by atomic mass is 9.96. The minimum Gasteiger partial charge on any atom is -0.492 e. The topological polar surface area (TPSA) is 50.8 Å². The van der Waals surface area contributed by atoms with Gasteiger partial charge in [0, 0.05) is 29.5 Å². The van der Waals surface area contributed by atoms with Crippen molar-refractivity contribution in [3.63, 3.8) is 0 Å². The summed E-state index contributed by atoms with van der Waals surface area (Å²) in [5, 5.41) is 5.91. The average Bonchev–Trinajstić information content (AvgIpc) is 3.22. The third-order valence-corrected chi connectivity index (χ3v) is 6.34. The quantitative estimate of drug-likeness (QED) is 0.828. The molecule has 0 bridgehead atoms. The summed E-state index contributed by atoms with van der Waals surface area (Å²) in [5.41, 5.74) is 0.997. The van der Waals surface area contributed by atoms with Crippen molar-refractivity contribution in [3.8, 4) is 5.75 Å². The highest BCUT2D eigenvalue weighted by Gasteiger charge is 2.28. The van der Waals surface area contributed by atoms with E-state index in [1.54, 1.807) is 11.3 Å². The number of thiophene rings is 1. The normalized spacial score (nSPS) is 21.1. The Bertz CT molecular complexity index is 778. The van der Waals surface area contributed by atoms with Crippen LogP contribution in [0.1, 0.15) is 16.5 Å². The smallest absolute Gasteiger partial charge is 0.226 e. The number of benzene rings is 1. The van der Waals surface area contributed by atoms with E-state index in [1.807, 2.05) is 18.2 Å². The van der Waals surface area contributed by atoms with Gasteiger partial charge >= 0.3 is 0 Å². The van der Waals surface area contributed by atoms with Crippen LogP contribution in [0.15, 0.2) is 35.7 Å². The third kappa shape index (κ3) is 4.46. The second-order valence-corrected chi connectivity index (χ2v) is 8.30. The SMILES string of the molecule is O=C(NC[C@H](c1cccs1)N1CCOCC1)[C@H]1COc2ccc(Cl)cc2C1. The molecule has 1 fully saturated rings. The second-order valence-electron chi connectivity index (χ2n) is 6.89. The summed E-state index contributed by atoms with van der Waals surface area (Å²) < 4.78 is 11.2. The fraction of sp³-hybridized carbons (Fsp3) is 0.450. The standard InChI is InChI=1S/C20H23ClN2O3S/c21-16-3-4-18-14(11-16)10-15(13-26-18)20(24)22-12-17(19-2-1-9-27-19)23-5-7-25-8-6-23/h1-4,9,11,15,17H,5-8,10,12-13H2,(H,22,24)/t15-,17-/m1/s1. The Balaban J connectivity index is 1.39. The lowest BCUT2D eigenvalue weighted by Crippen LogP contribution is -2.45. The Morgan fingerprint density at radius 3 is 2.96 bits per heavy atom. The second kappa shape index (κ2) is 8.61. The maximum Gasteiger partial charge on any atom is 0.226 e. The molecule has 0 saturated carbocycles. The number of hydrogen-bond acceptors (Lipinski definition) is 5. The molecule has 1 N–H and O–H groups in total. The first kappa shape index (κ1) is 18.7. The minimum atomic E-state index is -0.190. The number of morpholine rings is 1. The van der Waals surface area contributed by atoms with Crippen molar-refractivity contribution in [2.24, 2.45) is 5.92 Å². The van der Waals surface area contributed by atoms with E-state index in [-0.39, 0.29) is 17.9 Å². The summed E-state index contributed by atoms with van der Waals surface area (Å²) in [6.45, 7) is 4.25. The molecular formula is C20H23ClN2O3S. The van der Waals surface area contributed by atoms with Crippen LogP contribution in [0.3, 0.4) is 0 Å². The van der Waals surface area contributed by atoms with E-state index < -0.39 is 0 Å². The van der Waals surface area contributed by atoms with Crippen LogP contribution in [0.25, 0.3) is 0 Å². The molecule has 3 heterocycles. The lowest BCUT2D eigenvalue weighted by Gasteiger charge is -2.34. The predicted octanol–water partition coefficient (Wildman–Crippen LogP) is 3.14. The monoisotopic (exact) mass is 406 g/mol. The Morgan fingerprint density at radius 1 is 1.33 bits per heavy atom. The van der Waals surface area contributed by atoms with E-state index in [1.165, 1.54) is 4.88 Å². The fourth-order valence-corrected chi connectivity index (χ4v) is 4.71. The van der Waals surface area contributed by atoms with Crippen molar-refractivity contribution in [1.82, 2.24) is 10.2 Å². The van der Waals surface area contributed by atoms with Crippen molar-refractivity contribution in [2.75, 3.05) is 39.5 Å². The van der Waals surface area contributed by atoms with Crippen LogP contribution >= 0.6 is 22.9 Å². The molecule has 2 aliphatic rings. The molecule has 2 atom stereocenters. The van der Waals surface area contributed by atoms with E-state index in [0.29, 0.717) is 24.6 Å². The van der Waals surface area contributed by atoms with Gasteiger partial charge < -0.3 is 14.8 Å². The van der Waals surface area contributed by atoms with Crippen LogP contribution in [0.5, 0.6) is 5.75 Å². The van der Waals surface area contributed by atoms with E-state index in [0.717, 1.165) is 37.6 Å². The van der Waals surface area contributed by atoms with E-state index in [4.69, 9.17) is 21.1 Å². The predicted molar refractivity (Wildman–Crippen MR) is 107 cm³/mol. The zero-order valence-corrected chi connectivity index (χ0v) is 16.6. The number of carbonyl (C=O) groups is 1. The van der Waals surface area contributed by atoms with Crippen LogP contribution in [-0.2, 0) is 16.0 Å². The van der Waals surface area contributed by atoms with Gasteiger partial charge in [-0.05, 0) is 41.6 Å². The molecule has 4 rings (SSSR count). The van der Waals surface area contributed by atoms with Crippen molar-refractivity contribution in [3.05, 3.63) is 51.2 Å². The molecule has 2 aliphatic heterocycles. The first-order chi connectivity index (χ1) is 13.2. The van der Waals surface area contributed by atoms with Crippen molar-refractivity contribution in [1.29, 1.82) is 0 Å². The van der Waals surface area contributed by atoms with E-state index >= 15 is 0 Å². The molecule has 1 aromatic carbocycles. The zero-order valence-electron chi connectivity index (χ0n) is 15.0. The molecule has 0 radical (unpaired) electrons. The summed E-state index contributed by atoms with van der Waals surface area (Å²) in [7, 11) is 0. The molecule has 7 heteroatoms. The summed E-state index contributed by atoms with van der Waals surface area (Å²) in [6.07, 6.45) is 0.656. The van der Waals surface area contributed by atoms with Gasteiger partial charge in [0.1, 0.15) is 12.4 Å². The van der Waals surface area contributed by atoms with Gasteiger partial charge in [-0.15, -0.1) is 11.3 Å². The number of rotatable bonds is 5. The van der Waals surface area contributed by atoms with Crippen molar-refractivity contribution >= 4 is 28.8 Å². The van der Waals surface area contributed by atoms with Crippen molar-refractivity contribution < 1.29 is 14.3 Å². The van der Waals surface area contributed by atoms with Gasteiger partial charge in [0.25, 0.3) is 0 Å². The van der Waals surface area contributed by atoms with Gasteiger partial charge in [0.05, 0.1) is 25.2 Å². The maximum atomic E-state index is 12.8. The van der Waals surface area contributed by atoms with Crippen LogP contribution in [0.2, 0.25) is 5.02 Å². The molecule has 5 nitrogen and oxygen atoms in total. The molecule has 0 aliphatic carbocycles. The average molecular weight is 407 g/mol. The number of ether oxygens (including phenoxy) is 2. The highest BCUT2D eigenvalue weighted by atomic mass is 35.5. The third-order valence-electron chi connectivity index (χ3n) is 5.13. The van der Waals surface area contributed by atoms with Gasteiger partial charge in [-0.3, -0.25) is 9.69 Å². The Hall–Kier alpha value is -1.60. The molecule has 0 unspecified atom stereocenters. The number of nitrogens with one attached hydrogen (secondary N) is 1. The molecule has 27 heavy (non-hydrogen) atoms. The van der Waals surface area contributed by atoms with Gasteiger partial charge in [-0.1, -0.05) is 17.7 Å². The van der Waals surface area contributed by atoms with E-state index in [2.05, 4.69) is 27.7 Å². The Labute approximate surface area is 168 Å². The maximum absolute atomic E-state index is 12.8. The number of nitrogens with zero attached hydrogens (tertiary/aromatic N) is 1. The largest absolute Gasteiger partial charge is 0.492 e. The number of carbonyl (C=O) groups excluding carboxylic acids is 1.